The normalized spacial score (nSPS) is 11.0. The fraction of sp³-hybridized carbons (Fsp3) is 0.125. The van der Waals surface area contributed by atoms with Crippen LogP contribution in [-0.4, -0.2) is 26.1 Å². The van der Waals surface area contributed by atoms with Crippen LogP contribution in [0, 0.1) is 13.8 Å². The van der Waals surface area contributed by atoms with E-state index in [-0.39, 0.29) is 5.91 Å². The second-order valence-corrected chi connectivity index (χ2v) is 6.18. The third-order valence-electron chi connectivity index (χ3n) is 3.26. The number of aryl methyl sites for hydroxylation is 1. The molecule has 0 aliphatic carbocycles. The summed E-state index contributed by atoms with van der Waals surface area (Å²) in [4.78, 5) is 21.1. The van der Waals surface area contributed by atoms with Gasteiger partial charge in [0.2, 0.25) is 5.91 Å². The highest BCUT2D eigenvalue weighted by atomic mass is 32.1. The maximum absolute atomic E-state index is 12.0. The molecule has 3 heterocycles. The Hall–Kier alpha value is -2.80. The molecule has 0 fully saturated rings. The minimum absolute atomic E-state index is 0.230. The lowest BCUT2D eigenvalue weighted by Crippen LogP contribution is -2.08. The van der Waals surface area contributed by atoms with Gasteiger partial charge in [-0.15, -0.1) is 11.3 Å². The van der Waals surface area contributed by atoms with Gasteiger partial charge in [0, 0.05) is 40.7 Å². The zero-order valence-corrected chi connectivity index (χ0v) is 13.5. The van der Waals surface area contributed by atoms with E-state index in [1.165, 1.54) is 17.4 Å². The van der Waals surface area contributed by atoms with E-state index in [0.717, 1.165) is 26.7 Å². The van der Waals surface area contributed by atoms with E-state index >= 15 is 0 Å². The van der Waals surface area contributed by atoms with E-state index in [1.54, 1.807) is 24.7 Å². The summed E-state index contributed by atoms with van der Waals surface area (Å²) in [7, 11) is 0. The fourth-order valence-corrected chi connectivity index (χ4v) is 2.78. The first-order chi connectivity index (χ1) is 11.1. The quantitative estimate of drug-likeness (QED) is 0.722. The molecule has 3 rings (SSSR count). The number of carbonyl (C=O) groups excluding carboxylic acids is 1. The van der Waals surface area contributed by atoms with Crippen molar-refractivity contribution in [3.63, 3.8) is 0 Å². The summed E-state index contributed by atoms with van der Waals surface area (Å²) < 4.78 is 0. The summed E-state index contributed by atoms with van der Waals surface area (Å²) in [5.41, 5.74) is 2.72. The number of anilines is 1. The second kappa shape index (κ2) is 6.53. The van der Waals surface area contributed by atoms with Crippen molar-refractivity contribution in [1.29, 1.82) is 0 Å². The van der Waals surface area contributed by atoms with Crippen molar-refractivity contribution in [2.75, 3.05) is 5.32 Å². The first kappa shape index (κ1) is 15.1. The largest absolute Gasteiger partial charge is 0.305 e. The van der Waals surface area contributed by atoms with Crippen molar-refractivity contribution in [3.05, 3.63) is 52.2 Å². The van der Waals surface area contributed by atoms with Gasteiger partial charge in [-0.3, -0.25) is 14.9 Å². The van der Waals surface area contributed by atoms with Crippen LogP contribution in [-0.2, 0) is 4.79 Å². The number of amides is 1. The summed E-state index contributed by atoms with van der Waals surface area (Å²) >= 11 is 1.53. The average molecular weight is 325 g/mol. The van der Waals surface area contributed by atoms with Crippen LogP contribution in [0.5, 0.6) is 0 Å². The van der Waals surface area contributed by atoms with E-state index in [1.807, 2.05) is 26.0 Å². The summed E-state index contributed by atoms with van der Waals surface area (Å²) in [5, 5.41) is 10.9. The lowest BCUT2D eigenvalue weighted by molar-refractivity contribution is -0.111. The van der Waals surface area contributed by atoms with Gasteiger partial charge in [0.05, 0.1) is 10.7 Å². The van der Waals surface area contributed by atoms with Gasteiger partial charge in [0.25, 0.3) is 0 Å². The van der Waals surface area contributed by atoms with Gasteiger partial charge >= 0.3 is 0 Å². The van der Waals surface area contributed by atoms with Gasteiger partial charge in [0.1, 0.15) is 0 Å². The molecule has 0 unspecified atom stereocenters. The number of nitrogens with zero attached hydrogens (tertiary/aromatic N) is 3. The van der Waals surface area contributed by atoms with Crippen molar-refractivity contribution in [3.8, 4) is 11.3 Å². The Bertz CT molecular complexity index is 850. The number of thiazole rings is 1. The molecule has 0 aromatic carbocycles. The molecule has 116 valence electrons. The Morgan fingerprint density at radius 1 is 1.30 bits per heavy atom. The Morgan fingerprint density at radius 3 is 2.78 bits per heavy atom. The van der Waals surface area contributed by atoms with Crippen LogP contribution in [0.3, 0.4) is 0 Å². The third kappa shape index (κ3) is 3.51. The fourth-order valence-electron chi connectivity index (χ4n) is 2.09. The van der Waals surface area contributed by atoms with Gasteiger partial charge in [-0.05, 0) is 32.1 Å². The van der Waals surface area contributed by atoms with Crippen LogP contribution < -0.4 is 5.32 Å². The minimum atomic E-state index is -0.230. The van der Waals surface area contributed by atoms with Gasteiger partial charge < -0.3 is 5.32 Å². The van der Waals surface area contributed by atoms with Crippen LogP contribution in [0.2, 0.25) is 0 Å². The smallest absolute Gasteiger partial charge is 0.249 e. The molecule has 3 aromatic heterocycles. The molecule has 0 bridgehead atoms. The van der Waals surface area contributed by atoms with E-state index < -0.39 is 0 Å². The number of H-pyrrole nitrogens is 1. The highest BCUT2D eigenvalue weighted by Crippen LogP contribution is 2.25. The molecule has 2 N–H and O–H groups in total. The number of pyridine rings is 1. The Labute approximate surface area is 137 Å². The highest BCUT2D eigenvalue weighted by Gasteiger charge is 2.12. The van der Waals surface area contributed by atoms with E-state index in [9.17, 15) is 4.79 Å². The molecule has 1 amide bonds. The van der Waals surface area contributed by atoms with Crippen LogP contribution in [0.15, 0.2) is 36.8 Å². The monoisotopic (exact) mass is 325 g/mol. The summed E-state index contributed by atoms with van der Waals surface area (Å²) in [5.74, 6) is 0.291. The number of nitrogens with one attached hydrogen (secondary N) is 2. The molecular weight excluding hydrogens is 310 g/mol. The predicted molar refractivity (Wildman–Crippen MR) is 91.1 cm³/mol. The lowest BCUT2D eigenvalue weighted by Gasteiger charge is -2.00. The Morgan fingerprint density at radius 2 is 2.09 bits per heavy atom. The number of aromatic nitrogens is 4. The number of aromatic amines is 1. The molecule has 6 nitrogen and oxygen atoms in total. The SMILES string of the molecule is Cc1ncc(/C=C\C(=O)Nc2n[nH]c(-c3ccncc3)c2C)s1. The van der Waals surface area contributed by atoms with Crippen molar-refractivity contribution in [1.82, 2.24) is 20.2 Å². The molecular formula is C16H15N5OS. The van der Waals surface area contributed by atoms with Crippen LogP contribution in [0.25, 0.3) is 17.3 Å². The second-order valence-electron chi connectivity index (χ2n) is 4.91. The zero-order valence-electron chi connectivity index (χ0n) is 12.7. The standard InChI is InChI=1S/C16H15N5OS/c1-10-15(12-5-7-17-8-6-12)20-21-16(10)19-14(22)4-3-13-9-18-11(2)23-13/h3-9H,1-2H3,(H2,19,20,21,22)/b4-3-. The van der Waals surface area contributed by atoms with Crippen molar-refractivity contribution < 1.29 is 4.79 Å². The summed E-state index contributed by atoms with van der Waals surface area (Å²) in [6.07, 6.45) is 8.39. The number of rotatable bonds is 4. The lowest BCUT2D eigenvalue weighted by atomic mass is 10.1. The molecule has 7 heteroatoms. The van der Waals surface area contributed by atoms with E-state index in [4.69, 9.17) is 0 Å². The van der Waals surface area contributed by atoms with Crippen LogP contribution >= 0.6 is 11.3 Å². The average Bonchev–Trinajstić information content (AvgIpc) is 3.13. The van der Waals surface area contributed by atoms with E-state index in [0.29, 0.717) is 5.82 Å². The Kier molecular flexibility index (Phi) is 4.29. The van der Waals surface area contributed by atoms with E-state index in [2.05, 4.69) is 25.5 Å². The van der Waals surface area contributed by atoms with Crippen LogP contribution in [0.1, 0.15) is 15.4 Å². The number of carbonyl (C=O) groups is 1. The summed E-state index contributed by atoms with van der Waals surface area (Å²) in [6, 6.07) is 3.77. The third-order valence-corrected chi connectivity index (χ3v) is 4.14. The Balaban J connectivity index is 1.72. The molecule has 0 aliphatic heterocycles. The molecule has 0 aliphatic rings. The topological polar surface area (TPSA) is 83.6 Å². The van der Waals surface area contributed by atoms with Gasteiger partial charge in [-0.25, -0.2) is 4.98 Å². The first-order valence-corrected chi connectivity index (χ1v) is 7.82. The van der Waals surface area contributed by atoms with Crippen molar-refractivity contribution in [2.45, 2.75) is 13.8 Å². The molecule has 0 saturated heterocycles. The highest BCUT2D eigenvalue weighted by molar-refractivity contribution is 7.12. The maximum atomic E-state index is 12.0. The molecule has 0 radical (unpaired) electrons. The first-order valence-electron chi connectivity index (χ1n) is 7.00. The van der Waals surface area contributed by atoms with Crippen molar-refractivity contribution in [2.24, 2.45) is 0 Å². The predicted octanol–water partition coefficient (Wildman–Crippen LogP) is 3.20. The minimum Gasteiger partial charge on any atom is -0.305 e. The van der Waals surface area contributed by atoms with Gasteiger partial charge in [-0.2, -0.15) is 5.10 Å². The molecule has 0 spiro atoms. The number of hydrogen-bond donors (Lipinski definition) is 2. The number of hydrogen-bond acceptors (Lipinski definition) is 5. The molecule has 23 heavy (non-hydrogen) atoms. The molecule has 0 atom stereocenters. The maximum Gasteiger partial charge on any atom is 0.249 e. The summed E-state index contributed by atoms with van der Waals surface area (Å²) in [6.45, 7) is 3.83. The van der Waals surface area contributed by atoms with Crippen LogP contribution in [0.4, 0.5) is 5.82 Å². The molecule has 0 saturated carbocycles. The van der Waals surface area contributed by atoms with Crippen molar-refractivity contribution >= 4 is 29.1 Å². The molecule has 3 aromatic rings. The zero-order chi connectivity index (χ0) is 16.2. The van der Waals surface area contributed by atoms with Gasteiger partial charge in [-0.1, -0.05) is 0 Å². The van der Waals surface area contributed by atoms with Gasteiger partial charge in [0.15, 0.2) is 5.82 Å².